The van der Waals surface area contributed by atoms with E-state index < -0.39 is 0 Å². The number of unbranched alkanes of at least 4 members (excludes halogenated alkanes) is 2. The van der Waals surface area contributed by atoms with Crippen molar-refractivity contribution in [3.05, 3.63) is 13.8 Å². The van der Waals surface area contributed by atoms with Crippen LogP contribution in [0.2, 0.25) is 0 Å². The van der Waals surface area contributed by atoms with Gasteiger partial charge in [0.1, 0.15) is 0 Å². The van der Waals surface area contributed by atoms with E-state index in [2.05, 4.69) is 55.4 Å². The Labute approximate surface area is 165 Å². The molecule has 0 rings (SSSR count). The standard InChI is InChI=1S/2C5H12S.2C4H9.Sn/c2*1-3-4-5(2)6;2*1-3-4-2;/h2*5-6H,3-4H2,1-2H3;2*1,3-4H2,2H3;/q;;;;+2/p-2. The number of hydrogen-bond acceptors (Lipinski definition) is 2. The van der Waals surface area contributed by atoms with E-state index in [0.29, 0.717) is 10.5 Å². The zero-order valence-electron chi connectivity index (χ0n) is 15.5. The van der Waals surface area contributed by atoms with Crippen LogP contribution in [0, 0.1) is 13.8 Å². The molecular weight excluding hydrogens is 399 g/mol. The molecule has 4 radical (unpaired) electrons. The van der Waals surface area contributed by atoms with Crippen LogP contribution in [-0.2, 0) is 25.3 Å². The molecule has 0 N–H and O–H groups in total. The van der Waals surface area contributed by atoms with Crippen LogP contribution in [0.1, 0.15) is 92.9 Å². The summed E-state index contributed by atoms with van der Waals surface area (Å²) in [5.74, 6) is 0. The zero-order valence-corrected chi connectivity index (χ0v) is 20.0. The first-order valence-electron chi connectivity index (χ1n) is 8.27. The van der Waals surface area contributed by atoms with Crippen molar-refractivity contribution in [1.29, 1.82) is 0 Å². The molecule has 0 saturated carbocycles. The summed E-state index contributed by atoms with van der Waals surface area (Å²) in [4.78, 5) is 0. The van der Waals surface area contributed by atoms with Gasteiger partial charge in [0.05, 0.1) is 0 Å². The quantitative estimate of drug-likeness (QED) is 0.352. The fraction of sp³-hybridized carbons (Fsp3) is 0.889. The minimum atomic E-state index is 0. The second-order valence-electron chi connectivity index (χ2n) is 4.91. The average Bonchev–Trinajstić information content (AvgIpc) is 2.39. The first-order chi connectivity index (χ1) is 9.37. The molecule has 0 bridgehead atoms. The largest absolute Gasteiger partial charge is 2.00 e. The molecule has 3 heteroatoms. The Morgan fingerprint density at radius 2 is 0.857 bits per heavy atom. The van der Waals surface area contributed by atoms with E-state index in [4.69, 9.17) is 25.3 Å². The smallest absolute Gasteiger partial charge is 0.789 e. The molecule has 0 aromatic carbocycles. The Balaban J connectivity index is -0.0000000544. The van der Waals surface area contributed by atoms with Gasteiger partial charge >= 0.3 is 23.9 Å². The van der Waals surface area contributed by atoms with Crippen molar-refractivity contribution in [3.63, 3.8) is 0 Å². The molecule has 0 saturated heterocycles. The van der Waals surface area contributed by atoms with Gasteiger partial charge in [-0.1, -0.05) is 107 Å². The van der Waals surface area contributed by atoms with Gasteiger partial charge in [0, 0.05) is 0 Å². The van der Waals surface area contributed by atoms with Gasteiger partial charge in [-0.15, -0.1) is 0 Å². The van der Waals surface area contributed by atoms with Crippen LogP contribution >= 0.6 is 0 Å². The SMILES string of the molecule is CCCC(C)[S-].CCCC(C)[S-].[CH2]CCC.[CH2]CCC.[Sn+2]. The van der Waals surface area contributed by atoms with Crippen LogP contribution in [0.4, 0.5) is 0 Å². The maximum Gasteiger partial charge on any atom is 2.00 e. The first-order valence-corrected chi connectivity index (χ1v) is 9.21. The average molecular weight is 439 g/mol. The summed E-state index contributed by atoms with van der Waals surface area (Å²) in [6.45, 7) is 19.9. The molecule has 2 atom stereocenters. The van der Waals surface area contributed by atoms with E-state index in [1.165, 1.54) is 38.5 Å². The molecule has 0 aliphatic heterocycles. The van der Waals surface area contributed by atoms with Crippen molar-refractivity contribution in [1.82, 2.24) is 0 Å². The van der Waals surface area contributed by atoms with Gasteiger partial charge < -0.3 is 25.3 Å². The van der Waals surface area contributed by atoms with Gasteiger partial charge in [-0.25, -0.2) is 0 Å². The normalized spacial score (nSPS) is 11.1. The molecule has 0 aromatic rings. The maximum atomic E-state index is 4.88. The van der Waals surface area contributed by atoms with Gasteiger partial charge in [-0.2, -0.15) is 10.5 Å². The van der Waals surface area contributed by atoms with E-state index >= 15 is 0 Å². The van der Waals surface area contributed by atoms with Crippen molar-refractivity contribution >= 4 is 49.2 Å². The zero-order chi connectivity index (χ0) is 16.8. The third-order valence-electron chi connectivity index (χ3n) is 2.10. The maximum absolute atomic E-state index is 4.88. The van der Waals surface area contributed by atoms with Crippen LogP contribution < -0.4 is 0 Å². The van der Waals surface area contributed by atoms with Crippen LogP contribution in [0.3, 0.4) is 0 Å². The van der Waals surface area contributed by atoms with Gasteiger partial charge in [0.2, 0.25) is 0 Å². The van der Waals surface area contributed by atoms with E-state index in [9.17, 15) is 0 Å². The van der Waals surface area contributed by atoms with Crippen molar-refractivity contribution < 1.29 is 0 Å². The van der Waals surface area contributed by atoms with E-state index in [-0.39, 0.29) is 23.9 Å². The molecule has 0 fully saturated rings. The Kier molecular flexibility index (Phi) is 60.8. The third kappa shape index (κ3) is 90.6. The molecule has 0 amide bonds. The Morgan fingerprint density at radius 1 is 0.667 bits per heavy atom. The monoisotopic (exact) mass is 440 g/mol. The summed E-state index contributed by atoms with van der Waals surface area (Å²) in [5.41, 5.74) is 0. The van der Waals surface area contributed by atoms with Crippen LogP contribution in [-0.4, -0.2) is 34.4 Å². The summed E-state index contributed by atoms with van der Waals surface area (Å²) in [6, 6.07) is 0. The fourth-order valence-electron chi connectivity index (χ4n) is 0.813. The van der Waals surface area contributed by atoms with E-state index in [1.807, 2.05) is 0 Å². The number of hydrogen-bond donors (Lipinski definition) is 0. The summed E-state index contributed by atoms with van der Waals surface area (Å²) < 4.78 is 0. The summed E-state index contributed by atoms with van der Waals surface area (Å²) >= 11 is 9.76. The van der Waals surface area contributed by atoms with Crippen molar-refractivity contribution in [2.45, 2.75) is 103 Å². The minimum absolute atomic E-state index is 0. The Hall–Kier alpha value is 1.50. The molecular formula is C18H40S2Sn. The Bertz CT molecular complexity index is 99.8. The molecule has 0 aromatic heterocycles. The summed E-state index contributed by atoms with van der Waals surface area (Å²) in [7, 11) is 0. The molecule has 0 spiro atoms. The molecule has 128 valence electrons. The molecule has 0 aliphatic rings. The van der Waals surface area contributed by atoms with Crippen molar-refractivity contribution in [2.75, 3.05) is 0 Å². The van der Waals surface area contributed by atoms with Crippen LogP contribution in [0.15, 0.2) is 0 Å². The van der Waals surface area contributed by atoms with Gasteiger partial charge in [-0.05, 0) is 0 Å². The summed E-state index contributed by atoms with van der Waals surface area (Å²) in [6.07, 6.45) is 9.39. The van der Waals surface area contributed by atoms with Gasteiger partial charge in [0.25, 0.3) is 0 Å². The summed E-state index contributed by atoms with van der Waals surface area (Å²) in [5, 5.41) is 0.963. The van der Waals surface area contributed by atoms with Gasteiger partial charge in [-0.3, -0.25) is 0 Å². The number of rotatable bonds is 6. The molecule has 2 unspecified atom stereocenters. The second-order valence-corrected chi connectivity index (χ2v) is 6.52. The Morgan fingerprint density at radius 3 is 0.857 bits per heavy atom. The predicted octanol–water partition coefficient (Wildman–Crippen LogP) is 6.30. The topological polar surface area (TPSA) is 0 Å². The van der Waals surface area contributed by atoms with Crippen molar-refractivity contribution in [2.24, 2.45) is 0 Å². The van der Waals surface area contributed by atoms with E-state index in [0.717, 1.165) is 12.8 Å². The third-order valence-corrected chi connectivity index (χ3v) is 2.57. The second kappa shape index (κ2) is 37.6. The van der Waals surface area contributed by atoms with Crippen LogP contribution in [0.25, 0.3) is 0 Å². The van der Waals surface area contributed by atoms with E-state index in [1.54, 1.807) is 0 Å². The fourth-order valence-corrected chi connectivity index (χ4v) is 1.28. The predicted molar refractivity (Wildman–Crippen MR) is 110 cm³/mol. The first kappa shape index (κ1) is 34.0. The van der Waals surface area contributed by atoms with Crippen molar-refractivity contribution in [3.8, 4) is 0 Å². The van der Waals surface area contributed by atoms with Gasteiger partial charge in [0.15, 0.2) is 0 Å². The van der Waals surface area contributed by atoms with Crippen LogP contribution in [0.5, 0.6) is 0 Å². The molecule has 0 nitrogen and oxygen atoms in total. The molecule has 0 heterocycles. The minimum Gasteiger partial charge on any atom is -0.789 e. The molecule has 0 aliphatic carbocycles. The molecule has 21 heavy (non-hydrogen) atoms.